The molecule has 5 heterocycles. The van der Waals surface area contributed by atoms with E-state index in [2.05, 4.69) is 25.2 Å². The van der Waals surface area contributed by atoms with Crippen molar-refractivity contribution in [2.75, 3.05) is 29.9 Å². The largest absolute Gasteiger partial charge is 0.371 e. The minimum Gasteiger partial charge on any atom is -0.371 e. The number of hydrogen-bond donors (Lipinski definition) is 1. The zero-order valence-corrected chi connectivity index (χ0v) is 18.0. The average Bonchev–Trinajstić information content (AvgIpc) is 3.30. The van der Waals surface area contributed by atoms with Gasteiger partial charge in [0.15, 0.2) is 11.6 Å². The van der Waals surface area contributed by atoms with Crippen LogP contribution in [0.2, 0.25) is 0 Å². The molecular weight excluding hydrogens is 420 g/mol. The van der Waals surface area contributed by atoms with E-state index in [4.69, 9.17) is 9.84 Å². The third-order valence-electron chi connectivity index (χ3n) is 5.74. The smallest absolute Gasteiger partial charge is 0.303 e. The normalized spacial score (nSPS) is 17.7. The number of halogens is 2. The fraction of sp³-hybridized carbons (Fsp3) is 0.476. The van der Waals surface area contributed by atoms with E-state index >= 15 is 0 Å². The number of nitrogens with zero attached hydrogens (tertiary/aromatic N) is 6. The van der Waals surface area contributed by atoms with E-state index in [0.717, 1.165) is 31.8 Å². The van der Waals surface area contributed by atoms with Crippen molar-refractivity contribution < 1.29 is 18.3 Å². The Morgan fingerprint density at radius 1 is 1.28 bits per heavy atom. The lowest BCUT2D eigenvalue weighted by atomic mass is 9.91. The predicted molar refractivity (Wildman–Crippen MR) is 113 cm³/mol. The van der Waals surface area contributed by atoms with Crippen molar-refractivity contribution in [2.45, 2.75) is 45.1 Å². The van der Waals surface area contributed by atoms with Crippen LogP contribution in [0.4, 0.5) is 20.4 Å². The van der Waals surface area contributed by atoms with Gasteiger partial charge in [0.05, 0.1) is 24.0 Å². The predicted octanol–water partition coefficient (Wildman–Crippen LogP) is 2.96. The summed E-state index contributed by atoms with van der Waals surface area (Å²) in [6, 6.07) is 3.26. The molecule has 0 saturated carbocycles. The molecule has 2 aliphatic heterocycles. The molecule has 0 aliphatic carbocycles. The first-order valence-electron chi connectivity index (χ1n) is 10.4. The lowest BCUT2D eigenvalue weighted by molar-refractivity contribution is -0.114. The molecule has 168 valence electrons. The molecule has 0 radical (unpaired) electrons. The highest BCUT2D eigenvalue weighted by Gasteiger charge is 2.47. The van der Waals surface area contributed by atoms with Crippen LogP contribution < -0.4 is 10.2 Å². The second-order valence-corrected chi connectivity index (χ2v) is 8.57. The van der Waals surface area contributed by atoms with Gasteiger partial charge in [0.25, 0.3) is 0 Å². The fourth-order valence-electron chi connectivity index (χ4n) is 4.31. The van der Waals surface area contributed by atoms with Crippen molar-refractivity contribution in [1.29, 1.82) is 0 Å². The number of carbonyl (C=O) groups excluding carboxylic acids is 1. The van der Waals surface area contributed by atoms with Crippen molar-refractivity contribution in [2.24, 2.45) is 0 Å². The van der Waals surface area contributed by atoms with Crippen LogP contribution in [0.15, 0.2) is 18.3 Å². The molecule has 0 bridgehead atoms. The Hall–Kier alpha value is -3.21. The standard InChI is InChI=1S/C21H23F2N7O2/c1-12-7-17(27-19(25-12)20(3,22)23)30-15-8-16(26-13(2)31)24-9-14(15)18(28-30)29-10-21(11-29)5-4-6-32-21/h7-9H,4-6,10-11H2,1-3H3,(H,24,26,31). The van der Waals surface area contributed by atoms with E-state index in [9.17, 15) is 13.6 Å². The van der Waals surface area contributed by atoms with Crippen LogP contribution in [-0.4, -0.2) is 55.9 Å². The number of aromatic nitrogens is 5. The molecule has 3 aromatic heterocycles. The van der Waals surface area contributed by atoms with E-state index in [0.29, 0.717) is 35.9 Å². The molecule has 5 rings (SSSR count). The molecule has 0 unspecified atom stereocenters. The van der Waals surface area contributed by atoms with Crippen molar-refractivity contribution in [1.82, 2.24) is 24.7 Å². The first kappa shape index (κ1) is 20.7. The number of amides is 1. The molecule has 2 saturated heterocycles. The lowest BCUT2D eigenvalue weighted by Crippen LogP contribution is -2.61. The first-order valence-corrected chi connectivity index (χ1v) is 10.4. The SMILES string of the molecule is CC(=O)Nc1cc2c(cn1)c(N1CC3(CCCO3)C1)nn2-c1cc(C)nc(C(C)(F)F)n1. The van der Waals surface area contributed by atoms with Crippen molar-refractivity contribution in [3.8, 4) is 5.82 Å². The number of anilines is 2. The summed E-state index contributed by atoms with van der Waals surface area (Å²) in [6.07, 6.45) is 3.68. The van der Waals surface area contributed by atoms with Crippen molar-refractivity contribution in [3.05, 3.63) is 29.8 Å². The molecule has 0 atom stereocenters. The third kappa shape index (κ3) is 3.56. The summed E-state index contributed by atoms with van der Waals surface area (Å²) < 4.78 is 35.4. The van der Waals surface area contributed by atoms with Gasteiger partial charge < -0.3 is 15.0 Å². The van der Waals surface area contributed by atoms with Crippen LogP contribution in [0.5, 0.6) is 0 Å². The highest BCUT2D eigenvalue weighted by Crippen LogP contribution is 2.40. The number of fused-ring (bicyclic) bond motifs is 1. The number of rotatable bonds is 4. The molecule has 9 nitrogen and oxygen atoms in total. The van der Waals surface area contributed by atoms with Gasteiger partial charge >= 0.3 is 5.92 Å². The Morgan fingerprint density at radius 3 is 2.72 bits per heavy atom. The Morgan fingerprint density at radius 2 is 2.06 bits per heavy atom. The van der Waals surface area contributed by atoms with Crippen LogP contribution in [0.1, 0.15) is 38.2 Å². The van der Waals surface area contributed by atoms with Gasteiger partial charge in [-0.3, -0.25) is 4.79 Å². The monoisotopic (exact) mass is 443 g/mol. The maximum absolute atomic E-state index is 14.0. The van der Waals surface area contributed by atoms with Gasteiger partial charge in [-0.2, -0.15) is 8.78 Å². The summed E-state index contributed by atoms with van der Waals surface area (Å²) in [5, 5.41) is 8.10. The van der Waals surface area contributed by atoms with Crippen LogP contribution in [0.25, 0.3) is 16.7 Å². The molecule has 11 heteroatoms. The van der Waals surface area contributed by atoms with E-state index in [1.165, 1.54) is 11.6 Å². The van der Waals surface area contributed by atoms with Gasteiger partial charge in [0.2, 0.25) is 11.7 Å². The van der Waals surface area contributed by atoms with Crippen LogP contribution in [-0.2, 0) is 15.5 Å². The minimum absolute atomic E-state index is 0.136. The van der Waals surface area contributed by atoms with Crippen molar-refractivity contribution >= 4 is 28.4 Å². The molecule has 2 aliphatic rings. The molecule has 32 heavy (non-hydrogen) atoms. The summed E-state index contributed by atoms with van der Waals surface area (Å²) in [5.41, 5.74) is 0.855. The molecular formula is C21H23F2N7O2. The Kier molecular flexibility index (Phi) is 4.63. The number of carbonyl (C=O) groups is 1. The van der Waals surface area contributed by atoms with Gasteiger partial charge in [-0.1, -0.05) is 0 Å². The van der Waals surface area contributed by atoms with Gasteiger partial charge in [0.1, 0.15) is 11.4 Å². The average molecular weight is 443 g/mol. The molecule has 1 N–H and O–H groups in total. The Labute approximate surface area is 182 Å². The van der Waals surface area contributed by atoms with E-state index in [1.54, 1.807) is 25.3 Å². The highest BCUT2D eigenvalue weighted by molar-refractivity contribution is 5.95. The maximum atomic E-state index is 14.0. The van der Waals surface area contributed by atoms with Gasteiger partial charge in [-0.25, -0.2) is 19.6 Å². The Balaban J connectivity index is 1.63. The number of alkyl halides is 2. The van der Waals surface area contributed by atoms with Crippen molar-refractivity contribution in [3.63, 3.8) is 0 Å². The van der Waals surface area contributed by atoms with Gasteiger partial charge in [-0.15, -0.1) is 5.10 Å². The zero-order valence-electron chi connectivity index (χ0n) is 18.0. The number of hydrogen-bond acceptors (Lipinski definition) is 7. The fourth-order valence-corrected chi connectivity index (χ4v) is 4.31. The van der Waals surface area contributed by atoms with Crippen LogP contribution in [0, 0.1) is 6.92 Å². The Bertz CT molecular complexity index is 1210. The van der Waals surface area contributed by atoms with E-state index < -0.39 is 11.7 Å². The lowest BCUT2D eigenvalue weighted by Gasteiger charge is -2.47. The summed E-state index contributed by atoms with van der Waals surface area (Å²) in [7, 11) is 0. The molecule has 2 fully saturated rings. The number of pyridine rings is 1. The maximum Gasteiger partial charge on any atom is 0.303 e. The molecule has 3 aromatic rings. The van der Waals surface area contributed by atoms with Crippen LogP contribution >= 0.6 is 0 Å². The number of nitrogens with one attached hydrogen (secondary N) is 1. The molecule has 1 amide bonds. The quantitative estimate of drug-likeness (QED) is 0.662. The first-order chi connectivity index (χ1) is 15.1. The summed E-state index contributed by atoms with van der Waals surface area (Å²) >= 11 is 0. The molecule has 0 aromatic carbocycles. The molecule has 1 spiro atoms. The topological polar surface area (TPSA) is 98.1 Å². The summed E-state index contributed by atoms with van der Waals surface area (Å²) in [4.78, 5) is 25.9. The second-order valence-electron chi connectivity index (χ2n) is 8.57. The second kappa shape index (κ2) is 7.16. The number of aryl methyl sites for hydroxylation is 1. The summed E-state index contributed by atoms with van der Waals surface area (Å²) in [6.45, 7) is 5.95. The van der Waals surface area contributed by atoms with Gasteiger partial charge in [-0.05, 0) is 19.8 Å². The summed E-state index contributed by atoms with van der Waals surface area (Å²) in [5.74, 6) is -2.81. The number of ether oxygens (including phenoxy) is 1. The third-order valence-corrected chi connectivity index (χ3v) is 5.74. The zero-order chi connectivity index (χ0) is 22.7. The van der Waals surface area contributed by atoms with Crippen LogP contribution in [0.3, 0.4) is 0 Å². The highest BCUT2D eigenvalue weighted by atomic mass is 19.3. The van der Waals surface area contributed by atoms with E-state index in [1.807, 2.05) is 0 Å². The van der Waals surface area contributed by atoms with E-state index in [-0.39, 0.29) is 17.3 Å². The minimum atomic E-state index is -3.20. The van der Waals surface area contributed by atoms with Gasteiger partial charge in [0, 0.05) is 44.5 Å².